The predicted octanol–water partition coefficient (Wildman–Crippen LogP) is 2.30. The van der Waals surface area contributed by atoms with Crippen LogP contribution in [0.1, 0.15) is 40.0 Å². The standard InChI is InChI=1S/C10H20O3/c1-4-6-7-13-8-10(3,5-2)9(11)12/h4-8H2,1-3H3,(H,11,12). The number of unbranched alkanes of at least 4 members (excludes halogenated alkanes) is 1. The van der Waals surface area contributed by atoms with E-state index in [1.807, 2.05) is 6.92 Å². The van der Waals surface area contributed by atoms with E-state index in [2.05, 4.69) is 6.92 Å². The summed E-state index contributed by atoms with van der Waals surface area (Å²) in [5.74, 6) is -0.772. The molecule has 0 fully saturated rings. The molecular formula is C10H20O3. The number of hydrogen-bond acceptors (Lipinski definition) is 2. The topological polar surface area (TPSA) is 46.5 Å². The smallest absolute Gasteiger partial charge is 0.311 e. The molecule has 0 saturated heterocycles. The summed E-state index contributed by atoms with van der Waals surface area (Å²) >= 11 is 0. The fraction of sp³-hybridized carbons (Fsp3) is 0.900. The first kappa shape index (κ1) is 12.4. The van der Waals surface area contributed by atoms with E-state index >= 15 is 0 Å². The zero-order valence-corrected chi connectivity index (χ0v) is 8.80. The van der Waals surface area contributed by atoms with Gasteiger partial charge in [0.1, 0.15) is 0 Å². The van der Waals surface area contributed by atoms with Gasteiger partial charge in [0.25, 0.3) is 0 Å². The van der Waals surface area contributed by atoms with Gasteiger partial charge in [0.05, 0.1) is 12.0 Å². The van der Waals surface area contributed by atoms with E-state index in [4.69, 9.17) is 9.84 Å². The van der Waals surface area contributed by atoms with E-state index in [1.54, 1.807) is 6.92 Å². The maximum Gasteiger partial charge on any atom is 0.311 e. The van der Waals surface area contributed by atoms with Gasteiger partial charge in [-0.1, -0.05) is 20.3 Å². The number of aliphatic carboxylic acids is 1. The Morgan fingerprint density at radius 3 is 2.46 bits per heavy atom. The van der Waals surface area contributed by atoms with Crippen molar-refractivity contribution < 1.29 is 14.6 Å². The number of carboxylic acids is 1. The lowest BCUT2D eigenvalue weighted by molar-refractivity contribution is -0.151. The van der Waals surface area contributed by atoms with Gasteiger partial charge < -0.3 is 9.84 Å². The van der Waals surface area contributed by atoms with Gasteiger partial charge in [-0.05, 0) is 19.8 Å². The van der Waals surface area contributed by atoms with E-state index in [0.29, 0.717) is 19.6 Å². The summed E-state index contributed by atoms with van der Waals surface area (Å²) in [6.45, 7) is 6.66. The van der Waals surface area contributed by atoms with Crippen molar-refractivity contribution in [1.29, 1.82) is 0 Å². The first-order chi connectivity index (χ1) is 6.06. The third kappa shape index (κ3) is 4.27. The van der Waals surface area contributed by atoms with Crippen LogP contribution < -0.4 is 0 Å². The molecule has 0 rings (SSSR count). The molecule has 0 saturated carbocycles. The van der Waals surface area contributed by atoms with Gasteiger partial charge in [-0.2, -0.15) is 0 Å². The second-order valence-corrected chi connectivity index (χ2v) is 3.63. The van der Waals surface area contributed by atoms with E-state index in [-0.39, 0.29) is 0 Å². The molecule has 0 aromatic heterocycles. The Kier molecular flexibility index (Phi) is 5.71. The highest BCUT2D eigenvalue weighted by Gasteiger charge is 2.31. The first-order valence-electron chi connectivity index (χ1n) is 4.88. The molecule has 3 nitrogen and oxygen atoms in total. The van der Waals surface area contributed by atoms with Gasteiger partial charge in [-0.15, -0.1) is 0 Å². The molecular weight excluding hydrogens is 168 g/mol. The van der Waals surface area contributed by atoms with Crippen LogP contribution in [0, 0.1) is 5.41 Å². The van der Waals surface area contributed by atoms with Crippen LogP contribution in [-0.2, 0) is 9.53 Å². The average Bonchev–Trinajstić information content (AvgIpc) is 2.12. The maximum absolute atomic E-state index is 10.8. The van der Waals surface area contributed by atoms with Gasteiger partial charge in [0.15, 0.2) is 0 Å². The lowest BCUT2D eigenvalue weighted by atomic mass is 9.89. The molecule has 0 radical (unpaired) electrons. The first-order valence-corrected chi connectivity index (χ1v) is 4.88. The van der Waals surface area contributed by atoms with Crippen LogP contribution in [0.25, 0.3) is 0 Å². The maximum atomic E-state index is 10.8. The normalized spacial score (nSPS) is 15.3. The average molecular weight is 188 g/mol. The molecule has 0 spiro atoms. The van der Waals surface area contributed by atoms with Crippen LogP contribution in [0.3, 0.4) is 0 Å². The van der Waals surface area contributed by atoms with Gasteiger partial charge in [0, 0.05) is 6.61 Å². The number of rotatable bonds is 7. The van der Waals surface area contributed by atoms with Crippen molar-refractivity contribution in [3.63, 3.8) is 0 Å². The summed E-state index contributed by atoms with van der Waals surface area (Å²) in [4.78, 5) is 10.8. The van der Waals surface area contributed by atoms with Crippen molar-refractivity contribution in [3.05, 3.63) is 0 Å². The van der Waals surface area contributed by atoms with Gasteiger partial charge in [-0.3, -0.25) is 4.79 Å². The van der Waals surface area contributed by atoms with Crippen LogP contribution in [-0.4, -0.2) is 24.3 Å². The predicted molar refractivity (Wildman–Crippen MR) is 51.8 cm³/mol. The largest absolute Gasteiger partial charge is 0.481 e. The molecule has 0 aromatic carbocycles. The molecule has 3 heteroatoms. The van der Waals surface area contributed by atoms with Gasteiger partial charge in [0.2, 0.25) is 0 Å². The van der Waals surface area contributed by atoms with Crippen molar-refractivity contribution in [1.82, 2.24) is 0 Å². The minimum absolute atomic E-state index is 0.318. The minimum Gasteiger partial charge on any atom is -0.481 e. The number of carbonyl (C=O) groups is 1. The van der Waals surface area contributed by atoms with Crippen LogP contribution in [0.2, 0.25) is 0 Å². The minimum atomic E-state index is -0.772. The monoisotopic (exact) mass is 188 g/mol. The van der Waals surface area contributed by atoms with Crippen molar-refractivity contribution >= 4 is 5.97 Å². The summed E-state index contributed by atoms with van der Waals surface area (Å²) in [6, 6.07) is 0. The molecule has 13 heavy (non-hydrogen) atoms. The molecule has 0 amide bonds. The molecule has 0 aliphatic heterocycles. The molecule has 1 atom stereocenters. The SMILES string of the molecule is CCCCOCC(C)(CC)C(=O)O. The highest BCUT2D eigenvalue weighted by Crippen LogP contribution is 2.21. The number of ether oxygens (including phenoxy) is 1. The highest BCUT2D eigenvalue weighted by atomic mass is 16.5. The van der Waals surface area contributed by atoms with E-state index in [9.17, 15) is 4.79 Å². The third-order valence-corrected chi connectivity index (χ3v) is 2.36. The zero-order valence-electron chi connectivity index (χ0n) is 8.80. The van der Waals surface area contributed by atoms with E-state index < -0.39 is 11.4 Å². The molecule has 0 aliphatic rings. The van der Waals surface area contributed by atoms with Crippen LogP contribution in [0.5, 0.6) is 0 Å². The summed E-state index contributed by atoms with van der Waals surface area (Å²) in [7, 11) is 0. The van der Waals surface area contributed by atoms with E-state index in [1.165, 1.54) is 0 Å². The molecule has 0 aliphatic carbocycles. The van der Waals surface area contributed by atoms with Crippen LogP contribution >= 0.6 is 0 Å². The molecule has 1 unspecified atom stereocenters. The van der Waals surface area contributed by atoms with Gasteiger partial charge in [-0.25, -0.2) is 0 Å². The van der Waals surface area contributed by atoms with Crippen molar-refractivity contribution in [2.75, 3.05) is 13.2 Å². The lowest BCUT2D eigenvalue weighted by Gasteiger charge is -2.22. The van der Waals surface area contributed by atoms with Crippen molar-refractivity contribution in [2.24, 2.45) is 5.41 Å². The Morgan fingerprint density at radius 2 is 2.08 bits per heavy atom. The second kappa shape index (κ2) is 5.97. The number of hydrogen-bond donors (Lipinski definition) is 1. The summed E-state index contributed by atoms with van der Waals surface area (Å²) in [5, 5.41) is 8.91. The fourth-order valence-corrected chi connectivity index (χ4v) is 0.859. The van der Waals surface area contributed by atoms with Crippen molar-refractivity contribution in [2.45, 2.75) is 40.0 Å². The number of carboxylic acid groups (broad SMARTS) is 1. The summed E-state index contributed by atoms with van der Waals surface area (Å²) in [6.07, 6.45) is 2.68. The van der Waals surface area contributed by atoms with Gasteiger partial charge >= 0.3 is 5.97 Å². The zero-order chi connectivity index (χ0) is 10.3. The van der Waals surface area contributed by atoms with Crippen LogP contribution in [0.15, 0.2) is 0 Å². The Labute approximate surface area is 80.1 Å². The quantitative estimate of drug-likeness (QED) is 0.623. The Morgan fingerprint density at radius 1 is 1.46 bits per heavy atom. The molecule has 0 heterocycles. The molecule has 0 aromatic rings. The molecule has 0 bridgehead atoms. The lowest BCUT2D eigenvalue weighted by Crippen LogP contribution is -2.32. The Hall–Kier alpha value is -0.570. The van der Waals surface area contributed by atoms with Crippen LogP contribution in [0.4, 0.5) is 0 Å². The van der Waals surface area contributed by atoms with Crippen molar-refractivity contribution in [3.8, 4) is 0 Å². The summed E-state index contributed by atoms with van der Waals surface area (Å²) in [5.41, 5.74) is -0.715. The summed E-state index contributed by atoms with van der Waals surface area (Å²) < 4.78 is 5.31. The Balaban J connectivity index is 3.78. The molecule has 1 N–H and O–H groups in total. The molecule has 78 valence electrons. The third-order valence-electron chi connectivity index (χ3n) is 2.36. The van der Waals surface area contributed by atoms with E-state index in [0.717, 1.165) is 12.8 Å². The fourth-order valence-electron chi connectivity index (χ4n) is 0.859. The Bertz CT molecular complexity index is 156. The second-order valence-electron chi connectivity index (χ2n) is 3.63. The highest BCUT2D eigenvalue weighted by molar-refractivity contribution is 5.74.